The lowest BCUT2D eigenvalue weighted by Crippen LogP contribution is -1.97. The number of hydrogen-bond donors (Lipinski definition) is 1. The van der Waals surface area contributed by atoms with Gasteiger partial charge < -0.3 is 4.98 Å². The van der Waals surface area contributed by atoms with E-state index in [4.69, 9.17) is 0 Å². The van der Waals surface area contributed by atoms with Gasteiger partial charge in [-0.1, -0.05) is 13.8 Å². The summed E-state index contributed by atoms with van der Waals surface area (Å²) in [5.74, 6) is 1.55. The Morgan fingerprint density at radius 1 is 1.26 bits per heavy atom. The zero-order chi connectivity index (χ0) is 13.2. The van der Waals surface area contributed by atoms with Crippen LogP contribution >= 0.6 is 0 Å². The van der Waals surface area contributed by atoms with E-state index in [1.807, 2.05) is 18.2 Å². The Labute approximate surface area is 110 Å². The largest absolute Gasteiger partial charge is 0.342 e. The van der Waals surface area contributed by atoms with Crippen molar-refractivity contribution < 1.29 is 0 Å². The molecule has 2 heterocycles. The highest BCUT2D eigenvalue weighted by molar-refractivity contribution is 5.77. The second kappa shape index (κ2) is 4.79. The zero-order valence-electron chi connectivity index (χ0n) is 11.0. The highest BCUT2D eigenvalue weighted by Gasteiger charge is 2.12. The van der Waals surface area contributed by atoms with Crippen molar-refractivity contribution in [2.75, 3.05) is 0 Å². The summed E-state index contributed by atoms with van der Waals surface area (Å²) in [6.07, 6.45) is 3.77. The molecule has 0 fully saturated rings. The molecule has 0 saturated heterocycles. The van der Waals surface area contributed by atoms with E-state index in [0.717, 1.165) is 35.4 Å². The first kappa shape index (κ1) is 11.8. The first-order valence-corrected chi connectivity index (χ1v) is 6.54. The molecule has 0 amide bonds. The molecule has 0 atom stereocenters. The van der Waals surface area contributed by atoms with E-state index in [0.29, 0.717) is 5.92 Å². The topological polar surface area (TPSA) is 72.3 Å². The summed E-state index contributed by atoms with van der Waals surface area (Å²) in [5.41, 5.74) is 2.94. The van der Waals surface area contributed by atoms with Crippen molar-refractivity contribution in [1.82, 2.24) is 30.2 Å². The van der Waals surface area contributed by atoms with Gasteiger partial charge in [-0.05, 0) is 41.5 Å². The molecule has 0 unspecified atom stereocenters. The maximum atomic E-state index is 4.66. The molecule has 1 N–H and O–H groups in total. The summed E-state index contributed by atoms with van der Waals surface area (Å²) in [7, 11) is 0. The van der Waals surface area contributed by atoms with E-state index >= 15 is 0 Å². The van der Waals surface area contributed by atoms with Crippen molar-refractivity contribution in [3.05, 3.63) is 30.4 Å². The van der Waals surface area contributed by atoms with Gasteiger partial charge in [0, 0.05) is 5.92 Å². The van der Waals surface area contributed by atoms with Gasteiger partial charge in [-0.25, -0.2) is 9.67 Å². The first-order valence-electron chi connectivity index (χ1n) is 6.54. The van der Waals surface area contributed by atoms with Gasteiger partial charge in [0.25, 0.3) is 0 Å². The molecule has 98 valence electrons. The maximum Gasteiger partial charge on any atom is 0.143 e. The normalized spacial score (nSPS) is 11.5. The molecule has 0 aliphatic rings. The van der Waals surface area contributed by atoms with Crippen LogP contribution in [-0.4, -0.2) is 30.2 Å². The van der Waals surface area contributed by atoms with Gasteiger partial charge in [-0.3, -0.25) is 0 Å². The van der Waals surface area contributed by atoms with Crippen LogP contribution in [0.25, 0.3) is 16.7 Å². The summed E-state index contributed by atoms with van der Waals surface area (Å²) in [5, 5.41) is 11.2. The van der Waals surface area contributed by atoms with Crippen molar-refractivity contribution >= 4 is 11.0 Å². The predicted octanol–water partition coefficient (Wildman–Crippen LogP) is 2.44. The van der Waals surface area contributed by atoms with E-state index in [9.17, 15) is 0 Å². The third-order valence-electron chi connectivity index (χ3n) is 3.47. The molecule has 3 aromatic rings. The second-order valence-electron chi connectivity index (χ2n) is 4.59. The maximum absolute atomic E-state index is 4.66. The molecule has 19 heavy (non-hydrogen) atoms. The van der Waals surface area contributed by atoms with E-state index in [1.54, 1.807) is 11.0 Å². The van der Waals surface area contributed by atoms with Crippen molar-refractivity contribution in [1.29, 1.82) is 0 Å². The summed E-state index contributed by atoms with van der Waals surface area (Å²) in [6, 6.07) is 5.98. The number of benzene rings is 1. The SMILES string of the molecule is CCC(CC)c1nc2ccc(-n3cnnn3)cc2[nH]1. The molecular weight excluding hydrogens is 240 g/mol. The van der Waals surface area contributed by atoms with Gasteiger partial charge in [-0.2, -0.15) is 0 Å². The fourth-order valence-electron chi connectivity index (χ4n) is 2.31. The average molecular weight is 256 g/mol. The van der Waals surface area contributed by atoms with Crippen molar-refractivity contribution in [3.63, 3.8) is 0 Å². The van der Waals surface area contributed by atoms with Crippen LogP contribution in [0.4, 0.5) is 0 Å². The number of aromatic nitrogens is 6. The van der Waals surface area contributed by atoms with Gasteiger partial charge in [0.1, 0.15) is 12.2 Å². The van der Waals surface area contributed by atoms with Gasteiger partial charge in [0.05, 0.1) is 16.7 Å². The third kappa shape index (κ3) is 2.09. The minimum Gasteiger partial charge on any atom is -0.342 e. The average Bonchev–Trinajstić information content (AvgIpc) is 3.08. The number of imidazole rings is 1. The summed E-state index contributed by atoms with van der Waals surface area (Å²) in [4.78, 5) is 8.07. The van der Waals surface area contributed by atoms with Gasteiger partial charge >= 0.3 is 0 Å². The third-order valence-corrected chi connectivity index (χ3v) is 3.47. The highest BCUT2D eigenvalue weighted by Crippen LogP contribution is 2.24. The van der Waals surface area contributed by atoms with Gasteiger partial charge in [-0.15, -0.1) is 5.10 Å². The van der Waals surface area contributed by atoms with Gasteiger partial charge in [0.15, 0.2) is 0 Å². The standard InChI is InChI=1S/C13H16N6/c1-3-9(4-2)13-15-11-6-5-10(7-12(11)16-13)19-8-14-17-18-19/h5-9H,3-4H2,1-2H3,(H,15,16). The number of nitrogens with one attached hydrogen (secondary N) is 1. The molecule has 0 radical (unpaired) electrons. The van der Waals surface area contributed by atoms with Crippen LogP contribution in [0.5, 0.6) is 0 Å². The first-order chi connectivity index (χ1) is 9.31. The number of fused-ring (bicyclic) bond motifs is 1. The molecule has 0 spiro atoms. The molecule has 0 saturated carbocycles. The molecule has 0 bridgehead atoms. The molecule has 6 heteroatoms. The number of aromatic amines is 1. The molecular formula is C13H16N6. The Balaban J connectivity index is 2.04. The van der Waals surface area contributed by atoms with Crippen molar-refractivity contribution in [2.45, 2.75) is 32.6 Å². The van der Waals surface area contributed by atoms with Crippen LogP contribution in [0.1, 0.15) is 38.4 Å². The lowest BCUT2D eigenvalue weighted by molar-refractivity contribution is 0.611. The van der Waals surface area contributed by atoms with Crippen LogP contribution in [0.15, 0.2) is 24.5 Å². The van der Waals surface area contributed by atoms with Crippen LogP contribution in [-0.2, 0) is 0 Å². The van der Waals surface area contributed by atoms with Crippen LogP contribution < -0.4 is 0 Å². The predicted molar refractivity (Wildman–Crippen MR) is 72.1 cm³/mol. The highest BCUT2D eigenvalue weighted by atomic mass is 15.5. The Hall–Kier alpha value is -2.24. The molecule has 3 rings (SSSR count). The lowest BCUT2D eigenvalue weighted by atomic mass is 10.0. The van der Waals surface area contributed by atoms with Crippen LogP contribution in [0.3, 0.4) is 0 Å². The fourth-order valence-corrected chi connectivity index (χ4v) is 2.31. The zero-order valence-corrected chi connectivity index (χ0v) is 11.0. The van der Waals surface area contributed by atoms with Crippen molar-refractivity contribution in [3.8, 4) is 5.69 Å². The van der Waals surface area contributed by atoms with E-state index in [-0.39, 0.29) is 0 Å². The quantitative estimate of drug-likeness (QED) is 0.778. The summed E-state index contributed by atoms with van der Waals surface area (Å²) in [6.45, 7) is 4.38. The monoisotopic (exact) mass is 256 g/mol. The van der Waals surface area contributed by atoms with E-state index in [2.05, 4.69) is 39.3 Å². The van der Waals surface area contributed by atoms with Gasteiger partial charge in [0.2, 0.25) is 0 Å². The number of hydrogen-bond acceptors (Lipinski definition) is 4. The second-order valence-corrected chi connectivity index (χ2v) is 4.59. The Morgan fingerprint density at radius 3 is 2.79 bits per heavy atom. The summed E-state index contributed by atoms with van der Waals surface area (Å²) < 4.78 is 1.64. The minimum absolute atomic E-state index is 0.490. The van der Waals surface area contributed by atoms with Crippen LogP contribution in [0.2, 0.25) is 0 Å². The minimum atomic E-state index is 0.490. The lowest BCUT2D eigenvalue weighted by Gasteiger charge is -2.07. The number of nitrogens with zero attached hydrogens (tertiary/aromatic N) is 5. The molecule has 0 aliphatic heterocycles. The fraction of sp³-hybridized carbons (Fsp3) is 0.385. The molecule has 2 aromatic heterocycles. The van der Waals surface area contributed by atoms with E-state index < -0.39 is 0 Å². The Bertz CT molecular complexity index is 666. The number of H-pyrrole nitrogens is 1. The summed E-state index contributed by atoms with van der Waals surface area (Å²) >= 11 is 0. The van der Waals surface area contributed by atoms with Crippen molar-refractivity contribution in [2.24, 2.45) is 0 Å². The molecule has 1 aromatic carbocycles. The Morgan fingerprint density at radius 2 is 2.11 bits per heavy atom. The smallest absolute Gasteiger partial charge is 0.143 e. The molecule has 0 aliphatic carbocycles. The number of rotatable bonds is 4. The Kier molecular flexibility index (Phi) is 2.98. The van der Waals surface area contributed by atoms with Crippen LogP contribution in [0, 0.1) is 0 Å². The van der Waals surface area contributed by atoms with E-state index in [1.165, 1.54) is 0 Å². The molecule has 6 nitrogen and oxygen atoms in total. The number of tetrazole rings is 1.